The fourth-order valence-corrected chi connectivity index (χ4v) is 2.07. The van der Waals surface area contributed by atoms with Crippen LogP contribution in [0.5, 0.6) is 0 Å². The maximum Gasteiger partial charge on any atom is 0.323 e. The zero-order valence-corrected chi connectivity index (χ0v) is 11.6. The Morgan fingerprint density at radius 3 is 2.53 bits per heavy atom. The molecule has 5 nitrogen and oxygen atoms in total. The second kappa shape index (κ2) is 10.4. The van der Waals surface area contributed by atoms with Crippen molar-refractivity contribution in [2.75, 3.05) is 19.6 Å². The summed E-state index contributed by atoms with van der Waals surface area (Å²) in [5.41, 5.74) is 5.54. The van der Waals surface area contributed by atoms with Crippen molar-refractivity contribution in [1.82, 2.24) is 4.90 Å². The lowest BCUT2D eigenvalue weighted by Crippen LogP contribution is -2.36. The first kappa shape index (κ1) is 17.5. The number of terminal acetylenes is 1. The number of carbonyl (C=O) groups excluding carboxylic acids is 1. The van der Waals surface area contributed by atoms with Gasteiger partial charge in [-0.25, -0.2) is 0 Å². The molecule has 5 heteroatoms. The third-order valence-electron chi connectivity index (χ3n) is 3.00. The number of hydrogen-bond acceptors (Lipinski definition) is 3. The molecule has 0 saturated heterocycles. The molecule has 0 saturated carbocycles. The topological polar surface area (TPSA) is 83.6 Å². The van der Waals surface area contributed by atoms with E-state index in [1.54, 1.807) is 0 Å². The normalized spacial score (nSPS) is 11.6. The van der Waals surface area contributed by atoms with Gasteiger partial charge in [-0.1, -0.05) is 25.7 Å². The van der Waals surface area contributed by atoms with E-state index in [4.69, 9.17) is 17.3 Å². The van der Waals surface area contributed by atoms with Crippen molar-refractivity contribution in [2.24, 2.45) is 11.7 Å². The van der Waals surface area contributed by atoms with Gasteiger partial charge in [-0.2, -0.15) is 0 Å². The number of nitrogens with zero attached hydrogens (tertiary/aromatic N) is 1. The number of amides is 1. The van der Waals surface area contributed by atoms with Crippen LogP contribution in [0.3, 0.4) is 0 Å². The molecule has 0 bridgehead atoms. The zero-order chi connectivity index (χ0) is 14.7. The maximum absolute atomic E-state index is 11.9. The highest BCUT2D eigenvalue weighted by molar-refractivity contribution is 5.81. The fraction of sp³-hybridized carbons (Fsp3) is 0.714. The number of nitrogens with two attached hydrogens (primary N) is 1. The van der Waals surface area contributed by atoms with Crippen molar-refractivity contribution in [3.05, 3.63) is 0 Å². The molecular weight excluding hydrogens is 244 g/mol. The van der Waals surface area contributed by atoms with Gasteiger partial charge in [-0.3, -0.25) is 9.59 Å². The molecule has 0 spiro atoms. The minimum atomic E-state index is -1.05. The Bertz CT molecular complexity index is 317. The van der Waals surface area contributed by atoms with Crippen LogP contribution in [-0.4, -0.2) is 41.5 Å². The summed E-state index contributed by atoms with van der Waals surface area (Å²) in [6, 6.07) is 0. The van der Waals surface area contributed by atoms with Gasteiger partial charge >= 0.3 is 5.97 Å². The molecule has 19 heavy (non-hydrogen) atoms. The largest absolute Gasteiger partial charge is 0.480 e. The average molecular weight is 268 g/mol. The molecule has 3 N–H and O–H groups in total. The average Bonchev–Trinajstić information content (AvgIpc) is 2.35. The van der Waals surface area contributed by atoms with Crippen LogP contribution in [0.4, 0.5) is 0 Å². The monoisotopic (exact) mass is 268 g/mol. The van der Waals surface area contributed by atoms with Gasteiger partial charge in [-0.05, 0) is 25.3 Å². The number of hydrogen-bond donors (Lipinski definition) is 2. The number of carbonyl (C=O) groups is 2. The van der Waals surface area contributed by atoms with E-state index < -0.39 is 5.97 Å². The molecule has 0 aromatic carbocycles. The van der Waals surface area contributed by atoms with Crippen molar-refractivity contribution in [1.29, 1.82) is 0 Å². The first-order valence-corrected chi connectivity index (χ1v) is 6.68. The van der Waals surface area contributed by atoms with E-state index in [0.717, 1.165) is 25.7 Å². The Kier molecular flexibility index (Phi) is 9.55. The van der Waals surface area contributed by atoms with Crippen LogP contribution in [0.25, 0.3) is 0 Å². The van der Waals surface area contributed by atoms with E-state index in [2.05, 4.69) is 12.8 Å². The van der Waals surface area contributed by atoms with Crippen LogP contribution in [0.2, 0.25) is 0 Å². The molecule has 1 atom stereocenters. The van der Waals surface area contributed by atoms with Gasteiger partial charge in [0, 0.05) is 6.42 Å². The van der Waals surface area contributed by atoms with Gasteiger partial charge in [0.1, 0.15) is 6.54 Å². The molecule has 0 heterocycles. The van der Waals surface area contributed by atoms with Crippen LogP contribution in [0.1, 0.15) is 39.0 Å². The van der Waals surface area contributed by atoms with Crippen LogP contribution in [0, 0.1) is 18.3 Å². The first-order chi connectivity index (χ1) is 9.04. The van der Waals surface area contributed by atoms with Gasteiger partial charge in [0.2, 0.25) is 5.91 Å². The molecule has 0 aliphatic rings. The van der Waals surface area contributed by atoms with Crippen LogP contribution in [0.15, 0.2) is 0 Å². The van der Waals surface area contributed by atoms with Gasteiger partial charge in [0.05, 0.1) is 6.54 Å². The van der Waals surface area contributed by atoms with Gasteiger partial charge in [-0.15, -0.1) is 6.42 Å². The van der Waals surface area contributed by atoms with Crippen molar-refractivity contribution in [3.8, 4) is 12.3 Å². The molecule has 1 unspecified atom stereocenters. The predicted molar refractivity (Wildman–Crippen MR) is 74.4 cm³/mol. The van der Waals surface area contributed by atoms with E-state index in [1.165, 1.54) is 4.90 Å². The molecule has 0 aliphatic heterocycles. The Morgan fingerprint density at radius 1 is 1.37 bits per heavy atom. The summed E-state index contributed by atoms with van der Waals surface area (Å²) in [5, 5.41) is 8.73. The number of aliphatic carboxylic acids is 1. The summed E-state index contributed by atoms with van der Waals surface area (Å²) < 4.78 is 0. The molecule has 108 valence electrons. The summed E-state index contributed by atoms with van der Waals surface area (Å²) in [4.78, 5) is 23.8. The van der Waals surface area contributed by atoms with Crippen LogP contribution < -0.4 is 5.73 Å². The molecule has 0 aromatic heterocycles. The number of rotatable bonds is 10. The van der Waals surface area contributed by atoms with Gasteiger partial charge < -0.3 is 15.7 Å². The molecule has 0 aliphatic carbocycles. The quantitative estimate of drug-likeness (QED) is 0.581. The molecular formula is C14H24N2O3. The highest BCUT2D eigenvalue weighted by atomic mass is 16.4. The Morgan fingerprint density at radius 2 is 2.05 bits per heavy atom. The van der Waals surface area contributed by atoms with Crippen molar-refractivity contribution in [2.45, 2.75) is 39.0 Å². The lowest BCUT2D eigenvalue weighted by molar-refractivity contribution is -0.144. The first-order valence-electron chi connectivity index (χ1n) is 6.68. The van der Waals surface area contributed by atoms with Crippen LogP contribution in [-0.2, 0) is 9.59 Å². The Labute approximate surface area is 115 Å². The summed E-state index contributed by atoms with van der Waals surface area (Å²) in [5.74, 6) is 1.50. The minimum Gasteiger partial charge on any atom is -0.480 e. The lowest BCUT2D eigenvalue weighted by Gasteiger charge is -2.20. The van der Waals surface area contributed by atoms with Crippen molar-refractivity contribution >= 4 is 11.9 Å². The summed E-state index contributed by atoms with van der Waals surface area (Å²) in [6.45, 7) is 2.42. The molecule has 0 aromatic rings. The SMILES string of the molecule is C#CCN(CC(=O)O)C(=O)CCC(CCC)CCN. The Hall–Kier alpha value is -1.54. The zero-order valence-electron chi connectivity index (χ0n) is 11.6. The van der Waals surface area contributed by atoms with E-state index in [-0.39, 0.29) is 19.0 Å². The smallest absolute Gasteiger partial charge is 0.323 e. The number of carboxylic acids is 1. The minimum absolute atomic E-state index is 0.0421. The van der Waals surface area contributed by atoms with Crippen molar-refractivity contribution < 1.29 is 14.7 Å². The fourth-order valence-electron chi connectivity index (χ4n) is 2.07. The highest BCUT2D eigenvalue weighted by Gasteiger charge is 2.17. The van der Waals surface area contributed by atoms with Crippen molar-refractivity contribution in [3.63, 3.8) is 0 Å². The van der Waals surface area contributed by atoms with E-state index in [9.17, 15) is 9.59 Å². The van der Waals surface area contributed by atoms with E-state index >= 15 is 0 Å². The molecule has 1 amide bonds. The van der Waals surface area contributed by atoms with Crippen LogP contribution >= 0.6 is 0 Å². The molecule has 0 fully saturated rings. The molecule has 0 rings (SSSR count). The third-order valence-corrected chi connectivity index (χ3v) is 3.00. The summed E-state index contributed by atoms with van der Waals surface area (Å²) >= 11 is 0. The maximum atomic E-state index is 11.9. The third kappa shape index (κ3) is 8.22. The second-order valence-electron chi connectivity index (χ2n) is 4.62. The van der Waals surface area contributed by atoms with Gasteiger partial charge in [0.25, 0.3) is 0 Å². The van der Waals surface area contributed by atoms with E-state index in [0.29, 0.717) is 18.9 Å². The van der Waals surface area contributed by atoms with E-state index in [1.807, 2.05) is 0 Å². The van der Waals surface area contributed by atoms with Gasteiger partial charge in [0.15, 0.2) is 0 Å². The summed E-state index contributed by atoms with van der Waals surface area (Å²) in [6.07, 6.45) is 9.21. The predicted octanol–water partition coefficient (Wildman–Crippen LogP) is 1.08. The highest BCUT2D eigenvalue weighted by Crippen LogP contribution is 2.17. The molecule has 0 radical (unpaired) electrons. The summed E-state index contributed by atoms with van der Waals surface area (Å²) in [7, 11) is 0. The second-order valence-corrected chi connectivity index (χ2v) is 4.62. The standard InChI is InChI=1S/C14H24N2O3/c1-3-5-12(8-9-15)6-7-13(17)16(10-4-2)11-14(18)19/h2,12H,3,5-11,15H2,1H3,(H,18,19). The lowest BCUT2D eigenvalue weighted by atomic mass is 9.94. The number of carboxylic acid groups (broad SMARTS) is 1. The Balaban J connectivity index is 4.29.